The molecule has 0 radical (unpaired) electrons. The van der Waals surface area contributed by atoms with Crippen LogP contribution >= 0.6 is 15.8 Å². The summed E-state index contributed by atoms with van der Waals surface area (Å²) in [6.45, 7) is 15.0. The van der Waals surface area contributed by atoms with Crippen LogP contribution in [0.25, 0.3) is 0 Å². The van der Waals surface area contributed by atoms with E-state index in [1.807, 2.05) is 0 Å². The van der Waals surface area contributed by atoms with Crippen LogP contribution in [-0.4, -0.2) is 34.0 Å². The first kappa shape index (κ1) is 15.3. The summed E-state index contributed by atoms with van der Waals surface area (Å²) in [4.78, 5) is 0. The van der Waals surface area contributed by atoms with Crippen LogP contribution in [-0.2, 0) is 0 Å². The molecule has 2 saturated heterocycles. The van der Waals surface area contributed by atoms with Crippen molar-refractivity contribution < 1.29 is 0 Å². The van der Waals surface area contributed by atoms with Crippen molar-refractivity contribution in [2.75, 3.05) is 12.3 Å². The predicted molar refractivity (Wildman–Crippen MR) is 89.1 cm³/mol. The Morgan fingerprint density at radius 1 is 0.667 bits per heavy atom. The molecule has 18 heavy (non-hydrogen) atoms. The molecule has 2 aliphatic heterocycles. The highest BCUT2D eigenvalue weighted by Gasteiger charge is 2.46. The average molecular weight is 286 g/mol. The minimum absolute atomic E-state index is 0.282. The lowest BCUT2D eigenvalue weighted by Gasteiger charge is -2.42. The van der Waals surface area contributed by atoms with Crippen molar-refractivity contribution in [3.63, 3.8) is 0 Å². The Morgan fingerprint density at radius 3 is 1.28 bits per heavy atom. The van der Waals surface area contributed by atoms with Crippen molar-refractivity contribution in [3.8, 4) is 0 Å². The molecule has 0 bridgehead atoms. The fourth-order valence-electron chi connectivity index (χ4n) is 4.05. The highest BCUT2D eigenvalue weighted by atomic mass is 31.1. The first-order valence-electron chi connectivity index (χ1n) is 7.75. The van der Waals surface area contributed by atoms with E-state index in [1.54, 1.807) is 25.2 Å². The van der Waals surface area contributed by atoms with E-state index in [9.17, 15) is 0 Å². The van der Waals surface area contributed by atoms with Gasteiger partial charge < -0.3 is 0 Å². The molecule has 0 aromatic rings. The number of rotatable bonds is 1. The Hall–Kier alpha value is 0.860. The molecular formula is C16H32P2. The molecule has 0 amide bonds. The van der Waals surface area contributed by atoms with Gasteiger partial charge in [-0.3, -0.25) is 0 Å². The second-order valence-corrected chi connectivity index (χ2v) is 14.9. The quantitative estimate of drug-likeness (QED) is 0.529. The molecule has 106 valence electrons. The van der Waals surface area contributed by atoms with Gasteiger partial charge in [0.15, 0.2) is 0 Å². The van der Waals surface area contributed by atoms with Crippen LogP contribution in [0.15, 0.2) is 0 Å². The predicted octanol–water partition coefficient (Wildman–Crippen LogP) is 5.87. The summed E-state index contributed by atoms with van der Waals surface area (Å²) in [5.74, 6) is 0. The molecule has 0 aromatic heterocycles. The van der Waals surface area contributed by atoms with Gasteiger partial charge in [-0.1, -0.05) is 57.4 Å². The van der Waals surface area contributed by atoms with Crippen molar-refractivity contribution >= 4 is 15.8 Å². The summed E-state index contributed by atoms with van der Waals surface area (Å²) in [6, 6.07) is 0. The van der Waals surface area contributed by atoms with Crippen LogP contribution in [0.5, 0.6) is 0 Å². The molecule has 0 aliphatic carbocycles. The van der Waals surface area contributed by atoms with Gasteiger partial charge in [0.25, 0.3) is 0 Å². The molecule has 2 heterocycles. The van der Waals surface area contributed by atoms with Crippen LogP contribution in [0.2, 0.25) is 0 Å². The molecule has 2 heteroatoms. The van der Waals surface area contributed by atoms with E-state index in [-0.39, 0.29) is 15.8 Å². The molecule has 0 unspecified atom stereocenters. The van der Waals surface area contributed by atoms with Crippen LogP contribution in [0.3, 0.4) is 0 Å². The van der Waals surface area contributed by atoms with Crippen molar-refractivity contribution in [3.05, 3.63) is 0 Å². The standard InChI is InChI=1S/C16H32P2/c1-15(2,3)17-11-7-9-13(17)14-10-8-12-18(14)16(4,5)6/h13-14H,7-12H2,1-6H3/t13-,14-,17-,18-/m1/s1. The van der Waals surface area contributed by atoms with Crippen LogP contribution in [0, 0.1) is 0 Å². The summed E-state index contributed by atoms with van der Waals surface area (Å²) < 4.78 is 0. The van der Waals surface area contributed by atoms with Crippen molar-refractivity contribution in [2.24, 2.45) is 0 Å². The van der Waals surface area contributed by atoms with E-state index in [0.717, 1.165) is 11.3 Å². The third-order valence-electron chi connectivity index (χ3n) is 4.77. The highest BCUT2D eigenvalue weighted by molar-refractivity contribution is 7.64. The maximum atomic E-state index is 2.51. The topological polar surface area (TPSA) is 0 Å². The van der Waals surface area contributed by atoms with Gasteiger partial charge in [0.05, 0.1) is 0 Å². The first-order chi connectivity index (χ1) is 8.21. The number of hydrogen-bond acceptors (Lipinski definition) is 0. The summed E-state index contributed by atoms with van der Waals surface area (Å²) >= 11 is 0. The Morgan fingerprint density at radius 2 is 1.00 bits per heavy atom. The van der Waals surface area contributed by atoms with E-state index in [2.05, 4.69) is 41.5 Å². The molecule has 0 aromatic carbocycles. The van der Waals surface area contributed by atoms with Gasteiger partial charge in [0, 0.05) is 0 Å². The monoisotopic (exact) mass is 286 g/mol. The molecule has 0 saturated carbocycles. The van der Waals surface area contributed by atoms with Crippen LogP contribution < -0.4 is 0 Å². The minimum atomic E-state index is 0.282. The van der Waals surface area contributed by atoms with Gasteiger partial charge in [0.2, 0.25) is 0 Å². The molecular weight excluding hydrogens is 254 g/mol. The first-order valence-corrected chi connectivity index (χ1v) is 10.9. The molecule has 2 rings (SSSR count). The summed E-state index contributed by atoms with van der Waals surface area (Å²) in [5, 5.41) is 1.19. The molecule has 0 spiro atoms. The number of hydrogen-bond donors (Lipinski definition) is 0. The van der Waals surface area contributed by atoms with Gasteiger partial charge in [-0.05, 0) is 59.6 Å². The zero-order valence-corrected chi connectivity index (χ0v) is 15.1. The largest absolute Gasteiger partial charge is 0.0974 e. The van der Waals surface area contributed by atoms with E-state index in [1.165, 1.54) is 12.8 Å². The van der Waals surface area contributed by atoms with Crippen LogP contribution in [0.1, 0.15) is 67.2 Å². The minimum Gasteiger partial charge on any atom is -0.0974 e. The van der Waals surface area contributed by atoms with Gasteiger partial charge in [-0.15, -0.1) is 0 Å². The van der Waals surface area contributed by atoms with Crippen LogP contribution in [0.4, 0.5) is 0 Å². The van der Waals surface area contributed by atoms with Gasteiger partial charge in [0.1, 0.15) is 0 Å². The van der Waals surface area contributed by atoms with Gasteiger partial charge in [-0.25, -0.2) is 0 Å². The fourth-order valence-corrected chi connectivity index (χ4v) is 12.2. The molecule has 0 N–H and O–H groups in total. The maximum absolute atomic E-state index is 2.51. The second kappa shape index (κ2) is 5.33. The maximum Gasteiger partial charge on any atom is -0.0136 e. The smallest absolute Gasteiger partial charge is 0.0136 e. The lowest BCUT2D eigenvalue weighted by atomic mass is 10.1. The highest BCUT2D eigenvalue weighted by Crippen LogP contribution is 2.69. The Kier molecular flexibility index (Phi) is 4.52. The zero-order valence-electron chi connectivity index (χ0n) is 13.3. The lowest BCUT2D eigenvalue weighted by Crippen LogP contribution is -2.29. The Balaban J connectivity index is 2.15. The Bertz CT molecular complexity index is 254. The Labute approximate surface area is 117 Å². The third-order valence-corrected chi connectivity index (χ3v) is 12.9. The normalized spacial score (nSPS) is 38.3. The van der Waals surface area contributed by atoms with Crippen molar-refractivity contribution in [2.45, 2.75) is 88.9 Å². The van der Waals surface area contributed by atoms with E-state index >= 15 is 0 Å². The van der Waals surface area contributed by atoms with Gasteiger partial charge >= 0.3 is 0 Å². The van der Waals surface area contributed by atoms with Crippen molar-refractivity contribution in [1.82, 2.24) is 0 Å². The third kappa shape index (κ3) is 3.12. The fraction of sp³-hybridized carbons (Fsp3) is 1.00. The molecule has 2 aliphatic rings. The zero-order chi connectivity index (χ0) is 13.6. The summed E-state index contributed by atoms with van der Waals surface area (Å²) in [5.41, 5.74) is 2.24. The summed E-state index contributed by atoms with van der Waals surface area (Å²) in [6.07, 6.45) is 9.29. The van der Waals surface area contributed by atoms with E-state index < -0.39 is 0 Å². The molecule has 0 nitrogen and oxygen atoms in total. The average Bonchev–Trinajstić information content (AvgIpc) is 2.83. The van der Waals surface area contributed by atoms with E-state index in [0.29, 0.717) is 10.3 Å². The molecule has 4 atom stereocenters. The lowest BCUT2D eigenvalue weighted by molar-refractivity contribution is 0.671. The molecule has 2 fully saturated rings. The second-order valence-electron chi connectivity index (χ2n) is 8.15. The van der Waals surface area contributed by atoms with E-state index in [4.69, 9.17) is 0 Å². The summed E-state index contributed by atoms with van der Waals surface area (Å²) in [7, 11) is 0.564. The van der Waals surface area contributed by atoms with Gasteiger partial charge in [-0.2, -0.15) is 0 Å². The SMILES string of the molecule is CC(C)(C)[P@]1CCC[C@@H]1[C@H]1CCC[P@@]1C(C)(C)C. The van der Waals surface area contributed by atoms with Crippen molar-refractivity contribution in [1.29, 1.82) is 0 Å².